The summed E-state index contributed by atoms with van der Waals surface area (Å²) in [5.41, 5.74) is 1.54. The second kappa shape index (κ2) is 7.50. The number of benzene rings is 1. The quantitative estimate of drug-likeness (QED) is 0.893. The van der Waals surface area contributed by atoms with Gasteiger partial charge in [0, 0.05) is 23.3 Å². The standard InChI is InChI=1S/C15H16ClN3O2/c1-21-14-7-4-6-13(16)12(14)10-19-15(20)18-9-11-5-2-3-8-17-11/h2-8H,9-10H2,1H3,(H2,18,19,20). The van der Waals surface area contributed by atoms with E-state index in [1.165, 1.54) is 0 Å². The number of nitrogens with one attached hydrogen (secondary N) is 2. The maximum atomic E-state index is 11.8. The van der Waals surface area contributed by atoms with Gasteiger partial charge in [-0.2, -0.15) is 0 Å². The molecule has 0 fully saturated rings. The summed E-state index contributed by atoms with van der Waals surface area (Å²) in [6.45, 7) is 0.656. The van der Waals surface area contributed by atoms with Crippen LogP contribution in [0.2, 0.25) is 5.02 Å². The van der Waals surface area contributed by atoms with Gasteiger partial charge in [-0.05, 0) is 24.3 Å². The van der Waals surface area contributed by atoms with Crippen molar-refractivity contribution < 1.29 is 9.53 Å². The smallest absolute Gasteiger partial charge is 0.315 e. The summed E-state index contributed by atoms with van der Waals surface area (Å²) in [7, 11) is 1.57. The van der Waals surface area contributed by atoms with Gasteiger partial charge in [-0.15, -0.1) is 0 Å². The van der Waals surface area contributed by atoms with Crippen molar-refractivity contribution in [3.63, 3.8) is 0 Å². The molecule has 2 aromatic rings. The number of amides is 2. The number of carbonyl (C=O) groups is 1. The number of urea groups is 1. The third-order valence-electron chi connectivity index (χ3n) is 2.88. The van der Waals surface area contributed by atoms with Crippen molar-refractivity contribution in [3.8, 4) is 5.75 Å². The van der Waals surface area contributed by atoms with Gasteiger partial charge in [-0.25, -0.2) is 4.79 Å². The first kappa shape index (κ1) is 15.1. The summed E-state index contributed by atoms with van der Waals surface area (Å²) in [4.78, 5) is 15.9. The van der Waals surface area contributed by atoms with E-state index in [9.17, 15) is 4.79 Å². The lowest BCUT2D eigenvalue weighted by atomic mass is 10.2. The largest absolute Gasteiger partial charge is 0.496 e. The zero-order chi connectivity index (χ0) is 15.1. The molecule has 0 unspecified atom stereocenters. The van der Waals surface area contributed by atoms with E-state index < -0.39 is 0 Å². The van der Waals surface area contributed by atoms with Gasteiger partial charge in [0.2, 0.25) is 0 Å². The minimum Gasteiger partial charge on any atom is -0.496 e. The average molecular weight is 306 g/mol. The first-order valence-electron chi connectivity index (χ1n) is 6.43. The monoisotopic (exact) mass is 305 g/mol. The molecule has 1 aromatic carbocycles. The van der Waals surface area contributed by atoms with E-state index in [0.717, 1.165) is 11.3 Å². The Morgan fingerprint density at radius 3 is 2.71 bits per heavy atom. The minimum atomic E-state index is -0.289. The van der Waals surface area contributed by atoms with Crippen molar-refractivity contribution in [1.29, 1.82) is 0 Å². The highest BCUT2D eigenvalue weighted by Crippen LogP contribution is 2.25. The van der Waals surface area contributed by atoms with E-state index in [2.05, 4.69) is 15.6 Å². The Morgan fingerprint density at radius 2 is 2.00 bits per heavy atom. The van der Waals surface area contributed by atoms with Gasteiger partial charge >= 0.3 is 6.03 Å². The van der Waals surface area contributed by atoms with Crippen LogP contribution >= 0.6 is 11.6 Å². The number of rotatable bonds is 5. The number of pyridine rings is 1. The fraction of sp³-hybridized carbons (Fsp3) is 0.200. The fourth-order valence-electron chi connectivity index (χ4n) is 1.81. The topological polar surface area (TPSA) is 63.2 Å². The summed E-state index contributed by atoms with van der Waals surface area (Å²) in [5, 5.41) is 6.03. The number of aromatic nitrogens is 1. The van der Waals surface area contributed by atoms with E-state index in [1.807, 2.05) is 18.2 Å². The minimum absolute atomic E-state index is 0.289. The predicted octanol–water partition coefficient (Wildman–Crippen LogP) is 2.74. The van der Waals surface area contributed by atoms with Crippen LogP contribution in [0.25, 0.3) is 0 Å². The van der Waals surface area contributed by atoms with Gasteiger partial charge in [0.1, 0.15) is 5.75 Å². The van der Waals surface area contributed by atoms with Crippen LogP contribution in [0, 0.1) is 0 Å². The molecule has 0 aliphatic rings. The Labute approximate surface area is 128 Å². The van der Waals surface area contributed by atoms with Gasteiger partial charge in [-0.3, -0.25) is 4.98 Å². The van der Waals surface area contributed by atoms with Crippen LogP contribution in [0.1, 0.15) is 11.3 Å². The Kier molecular flexibility index (Phi) is 5.40. The summed E-state index contributed by atoms with van der Waals surface area (Å²) < 4.78 is 5.22. The molecule has 0 spiro atoms. The first-order valence-corrected chi connectivity index (χ1v) is 6.81. The second-order valence-electron chi connectivity index (χ2n) is 4.28. The molecule has 1 aromatic heterocycles. The molecule has 1 heterocycles. The molecular weight excluding hydrogens is 290 g/mol. The highest BCUT2D eigenvalue weighted by molar-refractivity contribution is 6.31. The van der Waals surface area contributed by atoms with Crippen LogP contribution < -0.4 is 15.4 Å². The number of hydrogen-bond donors (Lipinski definition) is 2. The van der Waals surface area contributed by atoms with Crippen molar-refractivity contribution in [1.82, 2.24) is 15.6 Å². The fourth-order valence-corrected chi connectivity index (χ4v) is 2.04. The Morgan fingerprint density at radius 1 is 1.19 bits per heavy atom. The molecule has 0 saturated carbocycles. The lowest BCUT2D eigenvalue weighted by Crippen LogP contribution is -2.34. The second-order valence-corrected chi connectivity index (χ2v) is 4.69. The van der Waals surface area contributed by atoms with Crippen LogP contribution in [0.5, 0.6) is 5.75 Å². The van der Waals surface area contributed by atoms with Crippen molar-refractivity contribution in [2.75, 3.05) is 7.11 Å². The molecular formula is C15H16ClN3O2. The van der Waals surface area contributed by atoms with Crippen molar-refractivity contribution in [3.05, 3.63) is 58.9 Å². The van der Waals surface area contributed by atoms with Crippen LogP contribution in [0.4, 0.5) is 4.79 Å². The highest BCUT2D eigenvalue weighted by Gasteiger charge is 2.09. The van der Waals surface area contributed by atoms with E-state index in [0.29, 0.717) is 17.3 Å². The van der Waals surface area contributed by atoms with Gasteiger partial charge in [0.05, 0.1) is 19.3 Å². The molecule has 0 atom stereocenters. The van der Waals surface area contributed by atoms with E-state index in [1.54, 1.807) is 31.5 Å². The zero-order valence-corrected chi connectivity index (χ0v) is 12.4. The lowest BCUT2D eigenvalue weighted by Gasteiger charge is -2.12. The molecule has 0 saturated heterocycles. The average Bonchev–Trinajstić information content (AvgIpc) is 2.52. The van der Waals surface area contributed by atoms with Crippen molar-refractivity contribution in [2.45, 2.75) is 13.1 Å². The van der Waals surface area contributed by atoms with Gasteiger partial charge in [-0.1, -0.05) is 23.7 Å². The summed E-state index contributed by atoms with van der Waals surface area (Å²) >= 11 is 6.10. The maximum absolute atomic E-state index is 11.8. The number of ether oxygens (including phenoxy) is 1. The molecule has 2 rings (SSSR count). The number of hydrogen-bond acceptors (Lipinski definition) is 3. The van der Waals surface area contributed by atoms with Gasteiger partial charge in [0.15, 0.2) is 0 Å². The van der Waals surface area contributed by atoms with E-state index >= 15 is 0 Å². The van der Waals surface area contributed by atoms with Crippen LogP contribution in [-0.4, -0.2) is 18.1 Å². The molecule has 0 aliphatic heterocycles. The Balaban J connectivity index is 1.87. The van der Waals surface area contributed by atoms with E-state index in [-0.39, 0.29) is 12.6 Å². The molecule has 2 N–H and O–H groups in total. The maximum Gasteiger partial charge on any atom is 0.315 e. The van der Waals surface area contributed by atoms with Crippen LogP contribution in [-0.2, 0) is 13.1 Å². The summed E-state index contributed by atoms with van der Waals surface area (Å²) in [6, 6.07) is 10.6. The predicted molar refractivity (Wildman–Crippen MR) is 81.3 cm³/mol. The number of methoxy groups -OCH3 is 1. The normalized spacial score (nSPS) is 10.0. The molecule has 110 valence electrons. The molecule has 0 bridgehead atoms. The van der Waals surface area contributed by atoms with Crippen molar-refractivity contribution >= 4 is 17.6 Å². The molecule has 0 radical (unpaired) electrons. The SMILES string of the molecule is COc1cccc(Cl)c1CNC(=O)NCc1ccccn1. The lowest BCUT2D eigenvalue weighted by molar-refractivity contribution is 0.240. The van der Waals surface area contributed by atoms with Gasteiger partial charge < -0.3 is 15.4 Å². The van der Waals surface area contributed by atoms with Crippen molar-refractivity contribution in [2.24, 2.45) is 0 Å². The molecule has 5 nitrogen and oxygen atoms in total. The zero-order valence-electron chi connectivity index (χ0n) is 11.6. The number of halogens is 1. The third-order valence-corrected chi connectivity index (χ3v) is 3.23. The number of nitrogens with zero attached hydrogens (tertiary/aromatic N) is 1. The summed E-state index contributed by atoms with van der Waals surface area (Å²) in [6.07, 6.45) is 1.68. The molecule has 6 heteroatoms. The van der Waals surface area contributed by atoms with E-state index in [4.69, 9.17) is 16.3 Å². The Bertz CT molecular complexity index is 605. The first-order chi connectivity index (χ1) is 10.2. The third kappa shape index (κ3) is 4.36. The Hall–Kier alpha value is -2.27. The molecule has 2 amide bonds. The van der Waals surface area contributed by atoms with Crippen LogP contribution in [0.3, 0.4) is 0 Å². The number of carbonyl (C=O) groups excluding carboxylic acids is 1. The highest BCUT2D eigenvalue weighted by atomic mass is 35.5. The molecule has 21 heavy (non-hydrogen) atoms. The summed E-state index contributed by atoms with van der Waals surface area (Å²) in [5.74, 6) is 0.646. The molecule has 0 aliphatic carbocycles. The van der Waals surface area contributed by atoms with Gasteiger partial charge in [0.25, 0.3) is 0 Å². The van der Waals surface area contributed by atoms with Crippen LogP contribution in [0.15, 0.2) is 42.6 Å².